The van der Waals surface area contributed by atoms with Gasteiger partial charge in [0.2, 0.25) is 0 Å². The van der Waals surface area contributed by atoms with Gasteiger partial charge in [-0.3, -0.25) is 0 Å². The summed E-state index contributed by atoms with van der Waals surface area (Å²) < 4.78 is 0. The normalized spacial score (nSPS) is 31.7. The number of hydrogen-bond acceptors (Lipinski definition) is 2. The summed E-state index contributed by atoms with van der Waals surface area (Å²) in [6.45, 7) is 10.4. The van der Waals surface area contributed by atoms with Crippen LogP contribution in [0.25, 0.3) is 0 Å². The Morgan fingerprint density at radius 1 is 1.36 bits per heavy atom. The fourth-order valence-electron chi connectivity index (χ4n) is 2.41. The molecule has 0 aromatic heterocycles. The third-order valence-electron chi connectivity index (χ3n) is 3.18. The van der Waals surface area contributed by atoms with Gasteiger partial charge in [-0.05, 0) is 37.0 Å². The van der Waals surface area contributed by atoms with Crippen LogP contribution in [0.2, 0.25) is 0 Å². The highest BCUT2D eigenvalue weighted by Crippen LogP contribution is 2.40. The van der Waals surface area contributed by atoms with Gasteiger partial charge in [-0.25, -0.2) is 0 Å². The monoisotopic (exact) mass is 215 g/mol. The maximum absolute atomic E-state index is 3.64. The van der Waals surface area contributed by atoms with Crippen LogP contribution in [0.1, 0.15) is 47.0 Å². The largest absolute Gasteiger partial charge is 0.313 e. The summed E-state index contributed by atoms with van der Waals surface area (Å²) in [5.74, 6) is 1.25. The minimum absolute atomic E-state index is 0.568. The van der Waals surface area contributed by atoms with Crippen LogP contribution >= 0.6 is 11.8 Å². The van der Waals surface area contributed by atoms with Gasteiger partial charge in [0.1, 0.15) is 0 Å². The molecule has 1 N–H and O–H groups in total. The van der Waals surface area contributed by atoms with E-state index in [1.807, 2.05) is 0 Å². The fourth-order valence-corrected chi connectivity index (χ4v) is 3.87. The molecular weight excluding hydrogens is 190 g/mol. The van der Waals surface area contributed by atoms with E-state index in [9.17, 15) is 0 Å². The third kappa shape index (κ3) is 3.47. The average molecular weight is 215 g/mol. The van der Waals surface area contributed by atoms with E-state index in [2.05, 4.69) is 44.8 Å². The molecule has 2 unspecified atom stereocenters. The van der Waals surface area contributed by atoms with E-state index < -0.39 is 0 Å². The third-order valence-corrected chi connectivity index (χ3v) is 4.44. The molecule has 0 aromatic rings. The Bertz CT molecular complexity index is 168. The van der Waals surface area contributed by atoms with Gasteiger partial charge in [0.15, 0.2) is 0 Å². The SMILES string of the molecule is CCNC1CCC(C)(C)CC1SCC. The first-order chi connectivity index (χ1) is 6.59. The van der Waals surface area contributed by atoms with Crippen molar-refractivity contribution in [1.29, 1.82) is 0 Å². The smallest absolute Gasteiger partial charge is 0.0206 e. The van der Waals surface area contributed by atoms with Crippen molar-refractivity contribution in [3.63, 3.8) is 0 Å². The molecule has 2 heteroatoms. The predicted octanol–water partition coefficient (Wildman–Crippen LogP) is 3.30. The predicted molar refractivity (Wildman–Crippen MR) is 67.0 cm³/mol. The molecule has 84 valence electrons. The van der Waals surface area contributed by atoms with Crippen LogP contribution in [0.15, 0.2) is 0 Å². The molecule has 14 heavy (non-hydrogen) atoms. The molecule has 0 radical (unpaired) electrons. The molecule has 1 saturated carbocycles. The zero-order valence-corrected chi connectivity index (χ0v) is 10.9. The standard InChI is InChI=1S/C12H25NS/c1-5-13-10-7-8-12(3,4)9-11(10)14-6-2/h10-11,13H,5-9H2,1-4H3. The first-order valence-corrected chi connectivity index (χ1v) is 6.99. The Morgan fingerprint density at radius 2 is 2.07 bits per heavy atom. The molecule has 0 saturated heterocycles. The number of hydrogen-bond donors (Lipinski definition) is 1. The van der Waals surface area contributed by atoms with Gasteiger partial charge in [0.05, 0.1) is 0 Å². The van der Waals surface area contributed by atoms with Crippen molar-refractivity contribution in [2.45, 2.75) is 58.2 Å². The van der Waals surface area contributed by atoms with Crippen LogP contribution in [-0.4, -0.2) is 23.6 Å². The molecule has 1 aliphatic carbocycles. The lowest BCUT2D eigenvalue weighted by Gasteiger charge is -2.40. The van der Waals surface area contributed by atoms with Gasteiger partial charge < -0.3 is 5.32 Å². The Balaban J connectivity index is 2.51. The van der Waals surface area contributed by atoms with Crippen LogP contribution < -0.4 is 5.32 Å². The topological polar surface area (TPSA) is 12.0 Å². The lowest BCUT2D eigenvalue weighted by molar-refractivity contribution is 0.215. The lowest BCUT2D eigenvalue weighted by Crippen LogP contribution is -2.44. The van der Waals surface area contributed by atoms with Crippen LogP contribution in [0.5, 0.6) is 0 Å². The van der Waals surface area contributed by atoms with E-state index in [-0.39, 0.29) is 0 Å². The highest BCUT2D eigenvalue weighted by Gasteiger charge is 2.34. The molecule has 0 amide bonds. The fraction of sp³-hybridized carbons (Fsp3) is 1.00. The number of thioether (sulfide) groups is 1. The van der Waals surface area contributed by atoms with E-state index in [0.717, 1.165) is 17.8 Å². The summed E-state index contributed by atoms with van der Waals surface area (Å²) >= 11 is 2.14. The molecular formula is C12H25NS. The second-order valence-corrected chi connectivity index (χ2v) is 6.58. The Morgan fingerprint density at radius 3 is 2.64 bits per heavy atom. The van der Waals surface area contributed by atoms with E-state index in [1.165, 1.54) is 25.0 Å². The molecule has 0 aliphatic heterocycles. The highest BCUT2D eigenvalue weighted by atomic mass is 32.2. The van der Waals surface area contributed by atoms with Crippen molar-refractivity contribution in [2.24, 2.45) is 5.41 Å². The molecule has 1 rings (SSSR count). The van der Waals surface area contributed by atoms with E-state index in [1.54, 1.807) is 0 Å². The van der Waals surface area contributed by atoms with Crippen LogP contribution in [-0.2, 0) is 0 Å². The average Bonchev–Trinajstić information content (AvgIpc) is 2.10. The first kappa shape index (κ1) is 12.4. The van der Waals surface area contributed by atoms with Gasteiger partial charge in [0.25, 0.3) is 0 Å². The molecule has 0 spiro atoms. The minimum Gasteiger partial charge on any atom is -0.313 e. The van der Waals surface area contributed by atoms with Gasteiger partial charge in [-0.15, -0.1) is 0 Å². The minimum atomic E-state index is 0.568. The molecule has 2 atom stereocenters. The van der Waals surface area contributed by atoms with Gasteiger partial charge in [-0.2, -0.15) is 11.8 Å². The number of rotatable bonds is 4. The number of nitrogens with one attached hydrogen (secondary N) is 1. The van der Waals surface area contributed by atoms with Crippen molar-refractivity contribution in [1.82, 2.24) is 5.32 Å². The summed E-state index contributed by atoms with van der Waals surface area (Å²) in [7, 11) is 0. The maximum Gasteiger partial charge on any atom is 0.0206 e. The molecule has 1 aliphatic rings. The molecule has 0 aromatic carbocycles. The summed E-state index contributed by atoms with van der Waals surface area (Å²) in [6, 6.07) is 0.762. The Hall–Kier alpha value is 0.310. The van der Waals surface area contributed by atoms with Gasteiger partial charge in [-0.1, -0.05) is 27.7 Å². The summed E-state index contributed by atoms with van der Waals surface area (Å²) in [6.07, 6.45) is 4.12. The molecule has 1 fully saturated rings. The van der Waals surface area contributed by atoms with E-state index in [4.69, 9.17) is 0 Å². The van der Waals surface area contributed by atoms with Crippen molar-refractivity contribution < 1.29 is 0 Å². The molecule has 1 nitrogen and oxygen atoms in total. The molecule has 0 bridgehead atoms. The summed E-state index contributed by atoms with van der Waals surface area (Å²) in [5, 5.41) is 4.47. The van der Waals surface area contributed by atoms with Gasteiger partial charge in [0, 0.05) is 11.3 Å². The van der Waals surface area contributed by atoms with Crippen LogP contribution in [0, 0.1) is 5.41 Å². The van der Waals surface area contributed by atoms with Crippen LogP contribution in [0.4, 0.5) is 0 Å². The van der Waals surface area contributed by atoms with Crippen LogP contribution in [0.3, 0.4) is 0 Å². The quantitative estimate of drug-likeness (QED) is 0.772. The first-order valence-electron chi connectivity index (χ1n) is 5.94. The van der Waals surface area contributed by atoms with Crippen molar-refractivity contribution in [3.8, 4) is 0 Å². The zero-order chi connectivity index (χ0) is 10.6. The summed E-state index contributed by atoms with van der Waals surface area (Å²) in [5.41, 5.74) is 0.568. The second kappa shape index (κ2) is 5.41. The van der Waals surface area contributed by atoms with E-state index in [0.29, 0.717) is 5.41 Å². The lowest BCUT2D eigenvalue weighted by atomic mass is 9.75. The summed E-state index contributed by atoms with van der Waals surface area (Å²) in [4.78, 5) is 0. The maximum atomic E-state index is 3.64. The zero-order valence-electron chi connectivity index (χ0n) is 10.1. The van der Waals surface area contributed by atoms with Crippen molar-refractivity contribution in [2.75, 3.05) is 12.3 Å². The van der Waals surface area contributed by atoms with Gasteiger partial charge >= 0.3 is 0 Å². The van der Waals surface area contributed by atoms with Crippen molar-refractivity contribution >= 4 is 11.8 Å². The highest BCUT2D eigenvalue weighted by molar-refractivity contribution is 7.99. The second-order valence-electron chi connectivity index (χ2n) is 5.06. The van der Waals surface area contributed by atoms with E-state index >= 15 is 0 Å². The molecule has 0 heterocycles. The van der Waals surface area contributed by atoms with Crippen molar-refractivity contribution in [3.05, 3.63) is 0 Å². The Kier molecular flexibility index (Phi) is 4.78. The Labute approximate surface area is 93.4 Å².